The Bertz CT molecular complexity index is 957. The first kappa shape index (κ1) is 19.4. The van der Waals surface area contributed by atoms with Crippen molar-refractivity contribution in [3.05, 3.63) is 102 Å². The Kier molecular flexibility index (Phi) is 6.64. The van der Waals surface area contributed by atoms with Crippen molar-refractivity contribution in [2.45, 2.75) is 27.2 Å². The summed E-state index contributed by atoms with van der Waals surface area (Å²) in [5, 5.41) is 0. The van der Waals surface area contributed by atoms with Gasteiger partial charge in [0.25, 0.3) is 0 Å². The zero-order chi connectivity index (χ0) is 19.8. The third-order valence-electron chi connectivity index (χ3n) is 4.20. The van der Waals surface area contributed by atoms with Crippen molar-refractivity contribution in [1.82, 2.24) is 0 Å². The van der Waals surface area contributed by atoms with E-state index in [4.69, 9.17) is 14.5 Å². The Labute approximate surface area is 167 Å². The monoisotopic (exact) mass is 371 g/mol. The highest BCUT2D eigenvalue weighted by Gasteiger charge is 2.11. The van der Waals surface area contributed by atoms with Gasteiger partial charge in [-0.05, 0) is 62.2 Å². The van der Waals surface area contributed by atoms with Crippen molar-refractivity contribution in [3.8, 4) is 11.5 Å². The summed E-state index contributed by atoms with van der Waals surface area (Å²) >= 11 is 0. The Morgan fingerprint density at radius 3 is 2.25 bits per heavy atom. The average molecular weight is 371 g/mol. The Balaban J connectivity index is 1.92. The molecule has 3 heteroatoms. The summed E-state index contributed by atoms with van der Waals surface area (Å²) in [6.45, 7) is 6.15. The molecule has 0 saturated carbocycles. The van der Waals surface area contributed by atoms with Gasteiger partial charge >= 0.3 is 0 Å². The summed E-state index contributed by atoms with van der Waals surface area (Å²) in [5.41, 5.74) is 4.04. The maximum atomic E-state index is 6.16. The molecular formula is C25H25NO2. The molecule has 3 nitrogen and oxygen atoms in total. The van der Waals surface area contributed by atoms with Gasteiger partial charge in [0.15, 0.2) is 0 Å². The fourth-order valence-electron chi connectivity index (χ4n) is 2.61. The second-order valence-corrected chi connectivity index (χ2v) is 6.60. The highest BCUT2D eigenvalue weighted by atomic mass is 16.5. The maximum Gasteiger partial charge on any atom is 0.226 e. The second-order valence-electron chi connectivity index (χ2n) is 6.60. The first-order valence-electron chi connectivity index (χ1n) is 9.45. The number of ether oxygens (including phenoxy) is 2. The smallest absolute Gasteiger partial charge is 0.226 e. The molecule has 0 saturated heterocycles. The molecule has 0 fully saturated rings. The molecule has 142 valence electrons. The lowest BCUT2D eigenvalue weighted by atomic mass is 10.2. The van der Waals surface area contributed by atoms with Crippen LogP contribution in [-0.2, 0) is 0 Å². The van der Waals surface area contributed by atoms with Gasteiger partial charge in [0.2, 0.25) is 5.90 Å². The molecule has 0 aliphatic heterocycles. The fraction of sp³-hybridized carbons (Fsp3) is 0.160. The molecule has 0 amide bonds. The van der Waals surface area contributed by atoms with E-state index in [0.717, 1.165) is 34.7 Å². The molecular weight excluding hydrogens is 346 g/mol. The van der Waals surface area contributed by atoms with Crippen LogP contribution in [0.3, 0.4) is 0 Å². The number of nitrogens with zero attached hydrogens (tertiary/aromatic N) is 1. The van der Waals surface area contributed by atoms with E-state index in [1.807, 2.05) is 85.8 Å². The van der Waals surface area contributed by atoms with Crippen LogP contribution in [0, 0.1) is 13.8 Å². The average Bonchev–Trinajstić information content (AvgIpc) is 2.70. The first-order valence-corrected chi connectivity index (χ1v) is 9.45. The van der Waals surface area contributed by atoms with Crippen LogP contribution in [-0.4, -0.2) is 5.90 Å². The van der Waals surface area contributed by atoms with Crippen molar-refractivity contribution in [3.63, 3.8) is 0 Å². The lowest BCUT2D eigenvalue weighted by molar-refractivity contribution is 0.471. The SMILES string of the molecule is CCC(=COc1ccc(C)cc1)/C(=N\c1ccccc1)Oc1cccc(C)c1. The normalized spacial score (nSPS) is 12.0. The Morgan fingerprint density at radius 1 is 0.821 bits per heavy atom. The van der Waals surface area contributed by atoms with Crippen molar-refractivity contribution in [2.24, 2.45) is 4.99 Å². The molecule has 0 unspecified atom stereocenters. The number of hydrogen-bond acceptors (Lipinski definition) is 3. The number of aliphatic imine (C=N–C) groups is 1. The molecule has 0 heterocycles. The van der Waals surface area contributed by atoms with Crippen molar-refractivity contribution < 1.29 is 9.47 Å². The molecule has 0 radical (unpaired) electrons. The predicted octanol–water partition coefficient (Wildman–Crippen LogP) is 6.79. The molecule has 0 bridgehead atoms. The minimum Gasteiger partial charge on any atom is -0.465 e. The van der Waals surface area contributed by atoms with E-state index < -0.39 is 0 Å². The molecule has 3 rings (SSSR count). The topological polar surface area (TPSA) is 30.8 Å². The third-order valence-corrected chi connectivity index (χ3v) is 4.20. The van der Waals surface area contributed by atoms with Crippen molar-refractivity contribution >= 4 is 11.6 Å². The highest BCUT2D eigenvalue weighted by Crippen LogP contribution is 2.20. The molecule has 3 aromatic rings. The standard InChI is InChI=1S/C25H25NO2/c1-4-21(18-27-23-15-13-19(2)14-16-23)25(26-22-10-6-5-7-11-22)28-24-12-8-9-20(3)17-24/h5-18H,4H2,1-3H3/b21-18?,26-25+. The van der Waals surface area contributed by atoms with Gasteiger partial charge in [-0.2, -0.15) is 0 Å². The zero-order valence-corrected chi connectivity index (χ0v) is 16.6. The van der Waals surface area contributed by atoms with Gasteiger partial charge < -0.3 is 9.47 Å². The van der Waals surface area contributed by atoms with Gasteiger partial charge in [-0.1, -0.05) is 55.0 Å². The first-order chi connectivity index (χ1) is 13.6. The molecule has 3 aromatic carbocycles. The fourth-order valence-corrected chi connectivity index (χ4v) is 2.61. The Morgan fingerprint density at radius 2 is 1.57 bits per heavy atom. The van der Waals surface area contributed by atoms with E-state index in [9.17, 15) is 0 Å². The summed E-state index contributed by atoms with van der Waals surface area (Å²) in [4.78, 5) is 4.73. The zero-order valence-electron chi connectivity index (χ0n) is 16.6. The van der Waals surface area contributed by atoms with Gasteiger partial charge in [0.05, 0.1) is 11.9 Å². The van der Waals surface area contributed by atoms with E-state index in [1.54, 1.807) is 6.26 Å². The largest absolute Gasteiger partial charge is 0.465 e. The van der Waals surface area contributed by atoms with E-state index in [2.05, 4.69) is 13.8 Å². The van der Waals surface area contributed by atoms with Crippen LogP contribution >= 0.6 is 0 Å². The number of benzene rings is 3. The lowest BCUT2D eigenvalue weighted by Crippen LogP contribution is -2.12. The second kappa shape index (κ2) is 9.56. The van der Waals surface area contributed by atoms with Gasteiger partial charge in [-0.15, -0.1) is 0 Å². The number of hydrogen-bond donors (Lipinski definition) is 0. The number of para-hydroxylation sites is 1. The summed E-state index contributed by atoms with van der Waals surface area (Å²) in [5.74, 6) is 2.07. The Hall–Kier alpha value is -3.33. The molecule has 0 aromatic heterocycles. The predicted molar refractivity (Wildman–Crippen MR) is 116 cm³/mol. The lowest BCUT2D eigenvalue weighted by Gasteiger charge is -2.12. The number of aryl methyl sites for hydroxylation is 2. The number of rotatable bonds is 6. The van der Waals surface area contributed by atoms with Crippen LogP contribution in [0.25, 0.3) is 0 Å². The van der Waals surface area contributed by atoms with Crippen LogP contribution < -0.4 is 9.47 Å². The quantitative estimate of drug-likeness (QED) is 0.271. The van der Waals surface area contributed by atoms with Gasteiger partial charge in [0.1, 0.15) is 11.5 Å². The summed E-state index contributed by atoms with van der Waals surface area (Å²) < 4.78 is 12.0. The van der Waals surface area contributed by atoms with Crippen LogP contribution in [0.4, 0.5) is 5.69 Å². The van der Waals surface area contributed by atoms with Crippen molar-refractivity contribution in [2.75, 3.05) is 0 Å². The summed E-state index contributed by atoms with van der Waals surface area (Å²) in [6, 6.07) is 25.7. The van der Waals surface area contributed by atoms with Crippen LogP contribution in [0.2, 0.25) is 0 Å². The van der Waals surface area contributed by atoms with Gasteiger partial charge in [-0.3, -0.25) is 0 Å². The third kappa shape index (κ3) is 5.58. The van der Waals surface area contributed by atoms with Gasteiger partial charge in [-0.25, -0.2) is 4.99 Å². The van der Waals surface area contributed by atoms with Gasteiger partial charge in [0, 0.05) is 5.57 Å². The minimum absolute atomic E-state index is 0.534. The van der Waals surface area contributed by atoms with E-state index in [-0.39, 0.29) is 0 Å². The summed E-state index contributed by atoms with van der Waals surface area (Å²) in [6.07, 6.45) is 2.45. The van der Waals surface area contributed by atoms with Crippen LogP contribution in [0.5, 0.6) is 11.5 Å². The molecule has 0 aliphatic carbocycles. The van der Waals surface area contributed by atoms with Crippen molar-refractivity contribution in [1.29, 1.82) is 0 Å². The van der Waals surface area contributed by atoms with E-state index in [0.29, 0.717) is 5.90 Å². The molecule has 0 N–H and O–H groups in total. The molecule has 0 atom stereocenters. The summed E-state index contributed by atoms with van der Waals surface area (Å²) in [7, 11) is 0. The van der Waals surface area contributed by atoms with E-state index >= 15 is 0 Å². The van der Waals surface area contributed by atoms with Crippen LogP contribution in [0.1, 0.15) is 24.5 Å². The molecule has 0 spiro atoms. The van der Waals surface area contributed by atoms with Crippen LogP contribution in [0.15, 0.2) is 95.7 Å². The minimum atomic E-state index is 0.534. The van der Waals surface area contributed by atoms with E-state index in [1.165, 1.54) is 5.56 Å². The maximum absolute atomic E-state index is 6.16. The molecule has 28 heavy (non-hydrogen) atoms. The highest BCUT2D eigenvalue weighted by molar-refractivity contribution is 5.96. The molecule has 0 aliphatic rings.